The zero-order valence-corrected chi connectivity index (χ0v) is 15.8. The lowest BCUT2D eigenvalue weighted by atomic mass is 10.2. The molecule has 2 rings (SSSR count). The molecule has 1 heterocycles. The SMILES string of the molecule is CC(C)CNC(=O)[C@@H](C)[NH+]1CCN(S(=O)(=O)c2ccccc2F)CC1. The van der Waals surface area contributed by atoms with E-state index in [0.717, 1.165) is 11.0 Å². The minimum absolute atomic E-state index is 0.0193. The van der Waals surface area contributed by atoms with Gasteiger partial charge in [0, 0.05) is 6.54 Å². The fourth-order valence-corrected chi connectivity index (χ4v) is 4.39. The zero-order valence-electron chi connectivity index (χ0n) is 15.0. The fourth-order valence-electron chi connectivity index (χ4n) is 2.88. The van der Waals surface area contributed by atoms with Crippen LogP contribution in [0.3, 0.4) is 0 Å². The first-order valence-electron chi connectivity index (χ1n) is 8.60. The standard InChI is InChI=1S/C17H26FN3O3S/c1-13(2)12-19-17(22)14(3)20-8-10-21(11-9-20)25(23,24)16-7-5-4-6-15(16)18/h4-7,13-14H,8-12H2,1-3H3,(H,19,22)/p+1/t14-/m1/s1. The molecule has 1 aromatic carbocycles. The van der Waals surface area contributed by atoms with Gasteiger partial charge in [-0.1, -0.05) is 26.0 Å². The Labute approximate surface area is 149 Å². The van der Waals surface area contributed by atoms with Crippen molar-refractivity contribution in [2.24, 2.45) is 5.92 Å². The highest BCUT2D eigenvalue weighted by Crippen LogP contribution is 2.18. The summed E-state index contributed by atoms with van der Waals surface area (Å²) in [4.78, 5) is 12.9. The number of benzene rings is 1. The van der Waals surface area contributed by atoms with E-state index in [4.69, 9.17) is 0 Å². The number of carbonyl (C=O) groups is 1. The average Bonchev–Trinajstić information content (AvgIpc) is 2.59. The number of hydrogen-bond acceptors (Lipinski definition) is 3. The number of hydrogen-bond donors (Lipinski definition) is 2. The van der Waals surface area contributed by atoms with Crippen molar-refractivity contribution in [3.05, 3.63) is 30.1 Å². The Bertz CT molecular complexity index is 701. The third kappa shape index (κ3) is 4.77. The Kier molecular flexibility index (Phi) is 6.53. The fraction of sp³-hybridized carbons (Fsp3) is 0.588. The molecule has 1 aliphatic rings. The summed E-state index contributed by atoms with van der Waals surface area (Å²) in [7, 11) is -3.84. The van der Waals surface area contributed by atoms with E-state index in [-0.39, 0.29) is 29.9 Å². The van der Waals surface area contributed by atoms with E-state index in [0.29, 0.717) is 25.6 Å². The van der Waals surface area contributed by atoms with Gasteiger partial charge in [-0.3, -0.25) is 4.79 Å². The third-order valence-electron chi connectivity index (χ3n) is 4.51. The number of amides is 1. The summed E-state index contributed by atoms with van der Waals surface area (Å²) in [5, 5.41) is 2.91. The maximum Gasteiger partial charge on any atom is 0.278 e. The Morgan fingerprint density at radius 1 is 1.24 bits per heavy atom. The van der Waals surface area contributed by atoms with Crippen LogP contribution in [0.5, 0.6) is 0 Å². The molecule has 140 valence electrons. The maximum absolute atomic E-state index is 13.8. The van der Waals surface area contributed by atoms with Crippen molar-refractivity contribution in [1.29, 1.82) is 0 Å². The van der Waals surface area contributed by atoms with Crippen molar-refractivity contribution in [1.82, 2.24) is 9.62 Å². The van der Waals surface area contributed by atoms with E-state index in [1.54, 1.807) is 0 Å². The number of halogens is 1. The monoisotopic (exact) mass is 372 g/mol. The van der Waals surface area contributed by atoms with Gasteiger partial charge in [0.05, 0.1) is 26.2 Å². The summed E-state index contributed by atoms with van der Waals surface area (Å²) in [5.74, 6) is -0.373. The quantitative estimate of drug-likeness (QED) is 0.731. The third-order valence-corrected chi connectivity index (χ3v) is 6.44. The largest absolute Gasteiger partial charge is 0.351 e. The summed E-state index contributed by atoms with van der Waals surface area (Å²) >= 11 is 0. The van der Waals surface area contributed by atoms with E-state index in [1.807, 2.05) is 20.8 Å². The highest BCUT2D eigenvalue weighted by Gasteiger charge is 2.35. The van der Waals surface area contributed by atoms with Crippen LogP contribution in [0, 0.1) is 11.7 Å². The highest BCUT2D eigenvalue weighted by molar-refractivity contribution is 7.89. The van der Waals surface area contributed by atoms with Crippen LogP contribution in [0.4, 0.5) is 4.39 Å². The van der Waals surface area contributed by atoms with E-state index in [1.165, 1.54) is 22.5 Å². The maximum atomic E-state index is 13.8. The first kappa shape index (κ1) is 19.8. The predicted molar refractivity (Wildman–Crippen MR) is 93.2 cm³/mol. The topological polar surface area (TPSA) is 70.9 Å². The molecule has 0 bridgehead atoms. The number of carbonyl (C=O) groups excluding carboxylic acids is 1. The highest BCUT2D eigenvalue weighted by atomic mass is 32.2. The summed E-state index contributed by atoms with van der Waals surface area (Å²) in [6.45, 7) is 8.13. The van der Waals surface area contributed by atoms with Gasteiger partial charge in [0.25, 0.3) is 5.91 Å². The molecule has 0 radical (unpaired) electrons. The number of piperazine rings is 1. The molecule has 0 saturated carbocycles. The molecule has 0 spiro atoms. The second-order valence-electron chi connectivity index (χ2n) is 6.85. The lowest BCUT2D eigenvalue weighted by Crippen LogP contribution is -3.19. The van der Waals surface area contributed by atoms with Gasteiger partial charge in [0.1, 0.15) is 10.7 Å². The van der Waals surface area contributed by atoms with Crippen LogP contribution in [-0.4, -0.2) is 57.4 Å². The molecule has 1 atom stereocenters. The Morgan fingerprint density at radius 2 is 1.84 bits per heavy atom. The Morgan fingerprint density at radius 3 is 2.40 bits per heavy atom. The van der Waals surface area contributed by atoms with Gasteiger partial charge in [-0.05, 0) is 25.0 Å². The summed E-state index contributed by atoms with van der Waals surface area (Å²) < 4.78 is 40.3. The molecule has 6 nitrogen and oxygen atoms in total. The summed E-state index contributed by atoms with van der Waals surface area (Å²) in [5.41, 5.74) is 0. The van der Waals surface area contributed by atoms with Crippen LogP contribution in [-0.2, 0) is 14.8 Å². The molecule has 0 aliphatic carbocycles. The molecule has 25 heavy (non-hydrogen) atoms. The summed E-state index contributed by atoms with van der Waals surface area (Å²) in [6.07, 6.45) is 0. The van der Waals surface area contributed by atoms with Gasteiger partial charge in [-0.2, -0.15) is 4.31 Å². The molecule has 1 saturated heterocycles. The van der Waals surface area contributed by atoms with Crippen molar-refractivity contribution in [2.75, 3.05) is 32.7 Å². The van der Waals surface area contributed by atoms with E-state index < -0.39 is 15.8 Å². The van der Waals surface area contributed by atoms with E-state index >= 15 is 0 Å². The van der Waals surface area contributed by atoms with Gasteiger partial charge in [-0.25, -0.2) is 12.8 Å². The number of nitrogens with zero attached hydrogens (tertiary/aromatic N) is 1. The van der Waals surface area contributed by atoms with Crippen LogP contribution in [0.25, 0.3) is 0 Å². The van der Waals surface area contributed by atoms with Crippen LogP contribution in [0.1, 0.15) is 20.8 Å². The number of rotatable bonds is 6. The van der Waals surface area contributed by atoms with E-state index in [2.05, 4.69) is 5.32 Å². The molecule has 1 fully saturated rings. The molecule has 1 aromatic rings. The number of quaternary nitrogens is 1. The van der Waals surface area contributed by atoms with Gasteiger partial charge < -0.3 is 10.2 Å². The van der Waals surface area contributed by atoms with Crippen molar-refractivity contribution in [2.45, 2.75) is 31.7 Å². The molecular weight excluding hydrogens is 345 g/mol. The minimum Gasteiger partial charge on any atom is -0.351 e. The van der Waals surface area contributed by atoms with Crippen LogP contribution >= 0.6 is 0 Å². The second-order valence-corrected chi connectivity index (χ2v) is 8.76. The lowest BCUT2D eigenvalue weighted by molar-refractivity contribution is -0.917. The van der Waals surface area contributed by atoms with Crippen molar-refractivity contribution in [3.63, 3.8) is 0 Å². The van der Waals surface area contributed by atoms with Crippen LogP contribution < -0.4 is 10.2 Å². The first-order valence-corrected chi connectivity index (χ1v) is 10.0. The molecule has 2 N–H and O–H groups in total. The van der Waals surface area contributed by atoms with Crippen LogP contribution in [0.2, 0.25) is 0 Å². The molecule has 0 unspecified atom stereocenters. The number of sulfonamides is 1. The Balaban J connectivity index is 1.97. The van der Waals surface area contributed by atoms with Crippen molar-refractivity contribution < 1.29 is 22.5 Å². The van der Waals surface area contributed by atoms with Crippen molar-refractivity contribution in [3.8, 4) is 0 Å². The zero-order chi connectivity index (χ0) is 18.6. The smallest absolute Gasteiger partial charge is 0.278 e. The number of nitrogens with one attached hydrogen (secondary N) is 2. The molecule has 0 aromatic heterocycles. The van der Waals surface area contributed by atoms with Crippen molar-refractivity contribution >= 4 is 15.9 Å². The Hall–Kier alpha value is -1.51. The average molecular weight is 372 g/mol. The minimum atomic E-state index is -3.84. The van der Waals surface area contributed by atoms with Gasteiger partial charge >= 0.3 is 0 Å². The van der Waals surface area contributed by atoms with Gasteiger partial charge in [0.15, 0.2) is 6.04 Å². The summed E-state index contributed by atoms with van der Waals surface area (Å²) in [6, 6.07) is 5.17. The van der Waals surface area contributed by atoms with E-state index in [9.17, 15) is 17.6 Å². The lowest BCUT2D eigenvalue weighted by Gasteiger charge is -2.34. The first-order chi connectivity index (χ1) is 11.7. The molecular formula is C17H27FN3O3S+. The molecule has 8 heteroatoms. The molecule has 1 aliphatic heterocycles. The normalized spacial score (nSPS) is 18.3. The van der Waals surface area contributed by atoms with Crippen LogP contribution in [0.15, 0.2) is 29.2 Å². The molecule has 1 amide bonds. The predicted octanol–water partition coefficient (Wildman–Crippen LogP) is -0.124. The van der Waals surface area contributed by atoms with Gasteiger partial charge in [0.2, 0.25) is 10.0 Å². The van der Waals surface area contributed by atoms with Gasteiger partial charge in [-0.15, -0.1) is 0 Å². The second kappa shape index (κ2) is 8.25.